The molecule has 0 saturated carbocycles. The second kappa shape index (κ2) is 9.94. The standard InChI is InChI=1S/4CN.2K.Zn/c4*1-2;;;/q;;;;2*+1;-2. The normalized spacial score (nSPS) is 6.18. The van der Waals surface area contributed by atoms with Gasteiger partial charge in [0.1, 0.15) is 0 Å². The van der Waals surface area contributed by atoms with Crippen molar-refractivity contribution in [1.29, 1.82) is 21.0 Å². The first-order chi connectivity index (χ1) is 4.24. The van der Waals surface area contributed by atoms with Crippen LogP contribution in [0.1, 0.15) is 0 Å². The molecule has 7 heteroatoms. The zero-order valence-electron chi connectivity index (χ0n) is 6.50. The molecule has 0 aromatic heterocycles. The molecule has 0 bridgehead atoms. The molecular weight excluding hydrogens is 248 g/mol. The van der Waals surface area contributed by atoms with Gasteiger partial charge < -0.3 is 0 Å². The van der Waals surface area contributed by atoms with Crippen molar-refractivity contribution in [3.63, 3.8) is 0 Å². The minimum Gasteiger partial charge on any atom is 1.00 e. The van der Waals surface area contributed by atoms with Gasteiger partial charge in [-0.15, -0.1) is 0 Å². The Bertz CT molecular complexity index is 213. The van der Waals surface area contributed by atoms with Crippen molar-refractivity contribution >= 4 is 0 Å². The average Bonchev–Trinajstić information content (AvgIpc) is 1.95. The molecule has 0 amide bonds. The van der Waals surface area contributed by atoms with Gasteiger partial charge in [0.05, 0.1) is 0 Å². The molecule has 0 rings (SSSR count). The summed E-state index contributed by atoms with van der Waals surface area (Å²) in [6.07, 6.45) is 0. The fourth-order valence-electron chi connectivity index (χ4n) is 0.212. The topological polar surface area (TPSA) is 95.2 Å². The fraction of sp³-hybridized carbons (Fsp3) is 0. The van der Waals surface area contributed by atoms with Gasteiger partial charge in [-0.2, -0.15) is 0 Å². The van der Waals surface area contributed by atoms with Crippen molar-refractivity contribution in [3.8, 4) is 18.7 Å². The van der Waals surface area contributed by atoms with Crippen LogP contribution in [0.3, 0.4) is 0 Å². The molecule has 0 N–H and O–H groups in total. The van der Waals surface area contributed by atoms with Crippen LogP contribution in [-0.2, 0) is 14.8 Å². The van der Waals surface area contributed by atoms with Gasteiger partial charge in [0.15, 0.2) is 0 Å². The summed E-state index contributed by atoms with van der Waals surface area (Å²) in [6.45, 7) is 0. The number of nitriles is 4. The molecule has 4 nitrogen and oxygen atoms in total. The molecule has 0 fully saturated rings. The maximum absolute atomic E-state index is 8.16. The molecule has 0 atom stereocenters. The Morgan fingerprint density at radius 3 is 0.818 bits per heavy atom. The Labute approximate surface area is 153 Å². The Hall–Kier alpha value is 1.86. The van der Waals surface area contributed by atoms with Crippen molar-refractivity contribution in [3.05, 3.63) is 0 Å². The SMILES string of the molecule is N#[C][Zn-2]([C]#N)([C]#N)[C]#N.[K+].[K+]. The van der Waals surface area contributed by atoms with Crippen LogP contribution >= 0.6 is 0 Å². The first-order valence-corrected chi connectivity index (χ1v) is 8.24. The molecule has 0 aromatic rings. The third-order valence-electron chi connectivity index (χ3n) is 0.949. The van der Waals surface area contributed by atoms with Gasteiger partial charge in [0, 0.05) is 0 Å². The zero-order chi connectivity index (χ0) is 7.33. The molecule has 0 spiro atoms. The summed E-state index contributed by atoms with van der Waals surface area (Å²) < 4.78 is 6.00. The van der Waals surface area contributed by atoms with E-state index in [4.69, 9.17) is 21.0 Å². The van der Waals surface area contributed by atoms with E-state index in [1.165, 1.54) is 18.7 Å². The van der Waals surface area contributed by atoms with Gasteiger partial charge in [-0.05, 0) is 0 Å². The fourth-order valence-corrected chi connectivity index (χ4v) is 1.10. The van der Waals surface area contributed by atoms with Gasteiger partial charge in [-0.3, -0.25) is 0 Å². The van der Waals surface area contributed by atoms with Crippen LogP contribution in [0.15, 0.2) is 0 Å². The summed E-state index contributed by atoms with van der Waals surface area (Å²) >= 11 is -4.25. The maximum Gasteiger partial charge on any atom is 1.00 e. The average molecular weight is 248 g/mol. The van der Waals surface area contributed by atoms with Gasteiger partial charge in [0.2, 0.25) is 0 Å². The molecule has 11 heavy (non-hydrogen) atoms. The summed E-state index contributed by atoms with van der Waals surface area (Å²) in [4.78, 5) is 0. The van der Waals surface area contributed by atoms with Crippen LogP contribution in [-0.4, -0.2) is 0 Å². The quantitative estimate of drug-likeness (QED) is 0.398. The Kier molecular flexibility index (Phi) is 16.8. The van der Waals surface area contributed by atoms with Gasteiger partial charge in [-0.1, -0.05) is 0 Å². The van der Waals surface area contributed by atoms with Crippen molar-refractivity contribution < 1.29 is 118 Å². The van der Waals surface area contributed by atoms with Gasteiger partial charge >= 0.3 is 157 Å². The van der Waals surface area contributed by atoms with E-state index >= 15 is 0 Å². The molecule has 0 aliphatic rings. The molecular formula is C4K2N4Zn. The van der Waals surface area contributed by atoms with E-state index in [0.717, 1.165) is 0 Å². The van der Waals surface area contributed by atoms with E-state index in [2.05, 4.69) is 0 Å². The van der Waals surface area contributed by atoms with Crippen molar-refractivity contribution in [2.75, 3.05) is 0 Å². The summed E-state index contributed by atoms with van der Waals surface area (Å²) in [5.74, 6) is 0. The van der Waals surface area contributed by atoms with Crippen LogP contribution in [0.2, 0.25) is 0 Å². The summed E-state index contributed by atoms with van der Waals surface area (Å²) in [6, 6.07) is 0. The Morgan fingerprint density at radius 2 is 0.818 bits per heavy atom. The molecule has 0 saturated heterocycles. The van der Waals surface area contributed by atoms with Crippen LogP contribution in [0.4, 0.5) is 0 Å². The molecule has 0 aliphatic carbocycles. The van der Waals surface area contributed by atoms with Gasteiger partial charge in [0.25, 0.3) is 0 Å². The van der Waals surface area contributed by atoms with Crippen molar-refractivity contribution in [2.24, 2.45) is 0 Å². The third kappa shape index (κ3) is 6.00. The van der Waals surface area contributed by atoms with E-state index in [-0.39, 0.29) is 103 Å². The second-order valence-electron chi connectivity index (χ2n) is 1.69. The monoisotopic (exact) mass is 246 g/mol. The first kappa shape index (κ1) is 18.6. The number of hydrogen-bond donors (Lipinski definition) is 0. The van der Waals surface area contributed by atoms with E-state index in [1.807, 2.05) is 0 Å². The van der Waals surface area contributed by atoms with Crippen molar-refractivity contribution in [1.82, 2.24) is 0 Å². The Balaban J connectivity index is -0.000000320. The predicted octanol–water partition coefficient (Wildman–Crippen LogP) is -5.93. The minimum atomic E-state index is -4.25. The van der Waals surface area contributed by atoms with Crippen molar-refractivity contribution in [2.45, 2.75) is 0 Å². The maximum atomic E-state index is 8.16. The molecule has 40 valence electrons. The second-order valence-corrected chi connectivity index (χ2v) is 8.80. The largest absolute Gasteiger partial charge is 1.00 e. The smallest absolute Gasteiger partial charge is 1.00 e. The van der Waals surface area contributed by atoms with Crippen LogP contribution in [0.25, 0.3) is 0 Å². The predicted molar refractivity (Wildman–Crippen MR) is 22.5 cm³/mol. The van der Waals surface area contributed by atoms with Crippen LogP contribution in [0.5, 0.6) is 0 Å². The molecule has 0 aromatic carbocycles. The summed E-state index contributed by atoms with van der Waals surface area (Å²) in [5.41, 5.74) is 0. The Morgan fingerprint density at radius 1 is 0.636 bits per heavy atom. The summed E-state index contributed by atoms with van der Waals surface area (Å²) in [5, 5.41) is 32.6. The number of nitrogens with zero attached hydrogens (tertiary/aromatic N) is 4. The number of hydrogen-bond acceptors (Lipinski definition) is 4. The number of rotatable bonds is 0. The van der Waals surface area contributed by atoms with E-state index < -0.39 is 14.8 Å². The molecule has 0 unspecified atom stereocenters. The van der Waals surface area contributed by atoms with Gasteiger partial charge in [-0.25, -0.2) is 0 Å². The van der Waals surface area contributed by atoms with Crippen LogP contribution in [0, 0.1) is 39.7 Å². The van der Waals surface area contributed by atoms with E-state index in [1.54, 1.807) is 0 Å². The third-order valence-corrected chi connectivity index (χ3v) is 4.93. The molecule has 0 heterocycles. The van der Waals surface area contributed by atoms with E-state index in [0.29, 0.717) is 0 Å². The first-order valence-electron chi connectivity index (χ1n) is 2.31. The van der Waals surface area contributed by atoms with Crippen LogP contribution < -0.4 is 103 Å². The minimum absolute atomic E-state index is 0. The molecule has 0 radical (unpaired) electrons. The summed E-state index contributed by atoms with van der Waals surface area (Å²) in [7, 11) is 0. The molecule has 0 aliphatic heterocycles. The van der Waals surface area contributed by atoms with E-state index in [9.17, 15) is 0 Å². The zero-order valence-corrected chi connectivity index (χ0v) is 15.7.